The van der Waals surface area contributed by atoms with Gasteiger partial charge in [-0.3, -0.25) is 4.79 Å². The van der Waals surface area contributed by atoms with Gasteiger partial charge in [-0.1, -0.05) is 35.3 Å². The number of nitrogens with one attached hydrogen (secondary N) is 1. The molecule has 0 radical (unpaired) electrons. The number of nitrogens with zero attached hydrogens (tertiary/aromatic N) is 2. The molecule has 0 aliphatic carbocycles. The van der Waals surface area contributed by atoms with Gasteiger partial charge in [0.2, 0.25) is 5.91 Å². The fourth-order valence-electron chi connectivity index (χ4n) is 4.93. The Balaban J connectivity index is 1.38. The van der Waals surface area contributed by atoms with Crippen molar-refractivity contribution >= 4 is 35.2 Å². The Morgan fingerprint density at radius 1 is 1.03 bits per heavy atom. The SMILES string of the molecule is CNC(=O)ON1CCC(N2CC[C@@H](Cc3c(Cl)cc(-c4ccc(OC(C)C)cc4)cc3Cl)C2=O)CC1. The number of hydrogen-bond donors (Lipinski definition) is 1. The van der Waals surface area contributed by atoms with E-state index in [1.54, 1.807) is 5.06 Å². The molecule has 0 unspecified atom stereocenters. The molecule has 2 aromatic rings. The lowest BCUT2D eigenvalue weighted by molar-refractivity contribution is -0.140. The molecule has 4 rings (SSSR count). The normalized spacial score (nSPS) is 19.1. The number of ether oxygens (including phenoxy) is 1. The van der Waals surface area contributed by atoms with E-state index in [1.165, 1.54) is 7.05 Å². The van der Waals surface area contributed by atoms with Crippen LogP contribution in [0.3, 0.4) is 0 Å². The lowest BCUT2D eigenvalue weighted by atomic mass is 9.95. The molecule has 1 atom stereocenters. The van der Waals surface area contributed by atoms with E-state index in [0.717, 1.165) is 48.2 Å². The van der Waals surface area contributed by atoms with Crippen LogP contribution in [0.15, 0.2) is 36.4 Å². The van der Waals surface area contributed by atoms with E-state index < -0.39 is 6.09 Å². The van der Waals surface area contributed by atoms with Crippen LogP contribution in [0.5, 0.6) is 5.75 Å². The minimum absolute atomic E-state index is 0.115. The van der Waals surface area contributed by atoms with Crippen LogP contribution < -0.4 is 10.1 Å². The van der Waals surface area contributed by atoms with Gasteiger partial charge in [-0.05, 0) is 80.5 Å². The van der Waals surface area contributed by atoms with Crippen molar-refractivity contribution in [3.8, 4) is 16.9 Å². The summed E-state index contributed by atoms with van der Waals surface area (Å²) in [6.07, 6.45) is 2.48. The Morgan fingerprint density at radius 3 is 2.25 bits per heavy atom. The predicted molar refractivity (Wildman–Crippen MR) is 141 cm³/mol. The van der Waals surface area contributed by atoms with E-state index >= 15 is 0 Å². The zero-order valence-corrected chi connectivity index (χ0v) is 22.4. The molecule has 2 saturated heterocycles. The highest BCUT2D eigenvalue weighted by Crippen LogP contribution is 2.36. The van der Waals surface area contributed by atoms with Crippen molar-refractivity contribution in [1.29, 1.82) is 0 Å². The number of hydrogen-bond acceptors (Lipinski definition) is 5. The Labute approximate surface area is 222 Å². The summed E-state index contributed by atoms with van der Waals surface area (Å²) in [6, 6.07) is 11.8. The first-order chi connectivity index (χ1) is 17.2. The summed E-state index contributed by atoms with van der Waals surface area (Å²) in [5.74, 6) is 0.826. The van der Waals surface area contributed by atoms with Crippen molar-refractivity contribution in [3.63, 3.8) is 0 Å². The molecular weight excluding hydrogens is 501 g/mol. The molecule has 2 amide bonds. The lowest BCUT2D eigenvalue weighted by Gasteiger charge is -2.35. The maximum atomic E-state index is 13.3. The zero-order valence-electron chi connectivity index (χ0n) is 20.9. The van der Waals surface area contributed by atoms with Crippen LogP contribution in [0.4, 0.5) is 4.79 Å². The highest BCUT2D eigenvalue weighted by molar-refractivity contribution is 6.36. The second-order valence-corrected chi connectivity index (χ2v) is 10.4. The van der Waals surface area contributed by atoms with E-state index in [-0.39, 0.29) is 24.0 Å². The van der Waals surface area contributed by atoms with Crippen LogP contribution in [0.1, 0.15) is 38.7 Å². The number of carbonyl (C=O) groups excluding carboxylic acids is 2. The molecule has 0 aromatic heterocycles. The smallest absolute Gasteiger partial charge is 0.426 e. The van der Waals surface area contributed by atoms with E-state index in [0.29, 0.717) is 29.6 Å². The molecule has 194 valence electrons. The number of amides is 2. The number of piperidine rings is 1. The predicted octanol–water partition coefficient (Wildman–Crippen LogP) is 5.57. The number of halogens is 2. The molecule has 1 N–H and O–H groups in total. The van der Waals surface area contributed by atoms with Gasteiger partial charge in [0, 0.05) is 48.7 Å². The summed E-state index contributed by atoms with van der Waals surface area (Å²) >= 11 is 13.4. The van der Waals surface area contributed by atoms with Crippen LogP contribution in [0, 0.1) is 5.92 Å². The monoisotopic (exact) mass is 533 g/mol. The van der Waals surface area contributed by atoms with E-state index in [1.807, 2.05) is 55.1 Å². The Bertz CT molecular complexity index is 1060. The molecule has 2 aromatic carbocycles. The average Bonchev–Trinajstić information content (AvgIpc) is 3.21. The third-order valence-corrected chi connectivity index (χ3v) is 7.46. The molecule has 2 aliphatic heterocycles. The first-order valence-corrected chi connectivity index (χ1v) is 13.2. The highest BCUT2D eigenvalue weighted by Gasteiger charge is 2.38. The van der Waals surface area contributed by atoms with Crippen LogP contribution in [0.2, 0.25) is 10.0 Å². The van der Waals surface area contributed by atoms with Crippen LogP contribution in [0.25, 0.3) is 11.1 Å². The van der Waals surface area contributed by atoms with Crippen LogP contribution in [-0.4, -0.2) is 60.8 Å². The topological polar surface area (TPSA) is 71.1 Å². The second kappa shape index (κ2) is 11.7. The maximum absolute atomic E-state index is 13.3. The van der Waals surface area contributed by atoms with Gasteiger partial charge in [-0.25, -0.2) is 4.79 Å². The maximum Gasteiger partial charge on any atom is 0.426 e. The largest absolute Gasteiger partial charge is 0.491 e. The van der Waals surface area contributed by atoms with Crippen molar-refractivity contribution in [1.82, 2.24) is 15.3 Å². The first kappa shape index (κ1) is 26.6. The third kappa shape index (κ3) is 6.25. The Hall–Kier alpha value is -2.48. The minimum Gasteiger partial charge on any atom is -0.491 e. The molecule has 2 aliphatic rings. The molecule has 2 fully saturated rings. The van der Waals surface area contributed by atoms with Gasteiger partial charge in [-0.2, -0.15) is 0 Å². The summed E-state index contributed by atoms with van der Waals surface area (Å²) in [6.45, 7) is 5.93. The van der Waals surface area contributed by atoms with Crippen molar-refractivity contribution in [2.75, 3.05) is 26.7 Å². The molecule has 2 heterocycles. The number of benzene rings is 2. The fraction of sp³-hybridized carbons (Fsp3) is 0.481. The first-order valence-electron chi connectivity index (χ1n) is 12.4. The van der Waals surface area contributed by atoms with Gasteiger partial charge in [0.25, 0.3) is 0 Å². The quantitative estimate of drug-likeness (QED) is 0.503. The number of carbonyl (C=O) groups is 2. The van der Waals surface area contributed by atoms with Crippen molar-refractivity contribution in [3.05, 3.63) is 52.0 Å². The van der Waals surface area contributed by atoms with Crippen molar-refractivity contribution in [2.24, 2.45) is 5.92 Å². The molecule has 0 saturated carbocycles. The molecule has 36 heavy (non-hydrogen) atoms. The van der Waals surface area contributed by atoms with E-state index in [9.17, 15) is 9.59 Å². The summed E-state index contributed by atoms with van der Waals surface area (Å²) in [5.41, 5.74) is 2.74. The second-order valence-electron chi connectivity index (χ2n) is 9.62. The fourth-order valence-corrected chi connectivity index (χ4v) is 5.57. The Kier molecular flexibility index (Phi) is 8.65. The van der Waals surface area contributed by atoms with Gasteiger partial charge in [0.1, 0.15) is 5.75 Å². The summed E-state index contributed by atoms with van der Waals surface area (Å²) < 4.78 is 5.72. The molecule has 9 heteroatoms. The van der Waals surface area contributed by atoms with Crippen molar-refractivity contribution < 1.29 is 19.2 Å². The van der Waals surface area contributed by atoms with Gasteiger partial charge in [0.15, 0.2) is 0 Å². The van der Waals surface area contributed by atoms with Crippen LogP contribution in [-0.2, 0) is 16.1 Å². The molecule has 0 spiro atoms. The summed E-state index contributed by atoms with van der Waals surface area (Å²) in [5, 5.41) is 5.25. The van der Waals surface area contributed by atoms with Gasteiger partial charge >= 0.3 is 6.09 Å². The van der Waals surface area contributed by atoms with Gasteiger partial charge in [0.05, 0.1) is 6.10 Å². The lowest BCUT2D eigenvalue weighted by Crippen LogP contribution is -2.47. The standard InChI is InChI=1S/C27H33Cl2N3O4/c1-17(2)35-22-6-4-18(5-7-22)20-15-24(28)23(25(29)16-20)14-19-8-13-32(26(19)33)21-9-11-31(12-10-21)36-27(34)30-3/h4-7,15-17,19,21H,8-14H2,1-3H3,(H,30,34)/t19-/m0/s1. The number of likely N-dealkylation sites (tertiary alicyclic amines) is 1. The molecule has 7 nitrogen and oxygen atoms in total. The summed E-state index contributed by atoms with van der Waals surface area (Å²) in [7, 11) is 1.53. The van der Waals surface area contributed by atoms with Crippen molar-refractivity contribution in [2.45, 2.75) is 51.7 Å². The van der Waals surface area contributed by atoms with Gasteiger partial charge in [-0.15, -0.1) is 5.06 Å². The van der Waals surface area contributed by atoms with E-state index in [2.05, 4.69) is 5.32 Å². The zero-order chi connectivity index (χ0) is 25.8. The minimum atomic E-state index is -0.470. The Morgan fingerprint density at radius 2 is 1.67 bits per heavy atom. The molecule has 0 bridgehead atoms. The van der Waals surface area contributed by atoms with Crippen LogP contribution >= 0.6 is 23.2 Å². The van der Waals surface area contributed by atoms with E-state index in [4.69, 9.17) is 32.8 Å². The number of rotatable bonds is 7. The van der Waals surface area contributed by atoms with Gasteiger partial charge < -0.3 is 19.8 Å². The highest BCUT2D eigenvalue weighted by atomic mass is 35.5. The molecular formula is C27H33Cl2N3O4. The average molecular weight is 534 g/mol. The number of hydroxylamine groups is 2. The third-order valence-electron chi connectivity index (χ3n) is 6.78. The summed E-state index contributed by atoms with van der Waals surface area (Å²) in [4.78, 5) is 31.9.